The van der Waals surface area contributed by atoms with Crippen molar-refractivity contribution >= 4 is 0 Å². The Bertz CT molecular complexity index is 429. The van der Waals surface area contributed by atoms with Crippen LogP contribution in [0.1, 0.15) is 66.5 Å². The Morgan fingerprint density at radius 1 is 0.800 bits per heavy atom. The molecule has 114 valence electrons. The second-order valence-electron chi connectivity index (χ2n) is 8.31. The SMILES string of the molecule is CC(C)(CN)Oc1cc(C(C)(C)C)cc(C(C)(C)C)c1. The van der Waals surface area contributed by atoms with E-state index in [1.807, 2.05) is 13.8 Å². The summed E-state index contributed by atoms with van der Waals surface area (Å²) in [6.45, 7) is 17.9. The van der Waals surface area contributed by atoms with Crippen LogP contribution in [-0.4, -0.2) is 12.1 Å². The predicted molar refractivity (Wildman–Crippen MR) is 87.6 cm³/mol. The van der Waals surface area contributed by atoms with Crippen molar-refractivity contribution in [1.82, 2.24) is 0 Å². The first-order valence-corrected chi connectivity index (χ1v) is 7.40. The van der Waals surface area contributed by atoms with E-state index in [2.05, 4.69) is 59.7 Å². The topological polar surface area (TPSA) is 35.2 Å². The fraction of sp³-hybridized carbons (Fsp3) is 0.667. The van der Waals surface area contributed by atoms with E-state index in [9.17, 15) is 0 Å². The van der Waals surface area contributed by atoms with Gasteiger partial charge in [-0.3, -0.25) is 0 Å². The third kappa shape index (κ3) is 4.52. The van der Waals surface area contributed by atoms with Gasteiger partial charge in [0.05, 0.1) is 0 Å². The minimum atomic E-state index is -0.342. The lowest BCUT2D eigenvalue weighted by atomic mass is 9.80. The van der Waals surface area contributed by atoms with Crippen LogP contribution in [0.5, 0.6) is 5.75 Å². The Labute approximate surface area is 124 Å². The lowest BCUT2D eigenvalue weighted by Gasteiger charge is -2.29. The number of benzene rings is 1. The molecule has 2 N–H and O–H groups in total. The molecule has 1 rings (SSSR count). The zero-order chi connectivity index (χ0) is 15.8. The monoisotopic (exact) mass is 277 g/mol. The van der Waals surface area contributed by atoms with Crippen molar-refractivity contribution in [3.05, 3.63) is 29.3 Å². The highest BCUT2D eigenvalue weighted by Gasteiger charge is 2.23. The highest BCUT2D eigenvalue weighted by atomic mass is 16.5. The van der Waals surface area contributed by atoms with Gasteiger partial charge in [0.2, 0.25) is 0 Å². The van der Waals surface area contributed by atoms with E-state index in [0.717, 1.165) is 5.75 Å². The molecule has 0 aliphatic rings. The van der Waals surface area contributed by atoms with Crippen molar-refractivity contribution in [3.8, 4) is 5.75 Å². The average molecular weight is 277 g/mol. The molecule has 0 fully saturated rings. The minimum Gasteiger partial charge on any atom is -0.487 e. The van der Waals surface area contributed by atoms with Crippen molar-refractivity contribution < 1.29 is 4.74 Å². The first-order chi connectivity index (χ1) is 8.85. The van der Waals surface area contributed by atoms with Crippen LogP contribution in [0.15, 0.2) is 18.2 Å². The summed E-state index contributed by atoms with van der Waals surface area (Å²) >= 11 is 0. The molecular weight excluding hydrogens is 246 g/mol. The van der Waals surface area contributed by atoms with E-state index >= 15 is 0 Å². The molecule has 1 aromatic rings. The zero-order valence-corrected chi connectivity index (χ0v) is 14.4. The maximum atomic E-state index is 6.10. The maximum absolute atomic E-state index is 6.10. The van der Waals surface area contributed by atoms with Crippen LogP contribution < -0.4 is 10.5 Å². The van der Waals surface area contributed by atoms with Gasteiger partial charge in [-0.15, -0.1) is 0 Å². The molecule has 0 aliphatic heterocycles. The first kappa shape index (κ1) is 17.0. The van der Waals surface area contributed by atoms with Crippen LogP contribution in [0.2, 0.25) is 0 Å². The van der Waals surface area contributed by atoms with Gasteiger partial charge in [0, 0.05) is 6.54 Å². The van der Waals surface area contributed by atoms with E-state index in [1.165, 1.54) is 11.1 Å². The van der Waals surface area contributed by atoms with E-state index in [4.69, 9.17) is 10.5 Å². The quantitative estimate of drug-likeness (QED) is 0.889. The molecule has 0 aromatic heterocycles. The van der Waals surface area contributed by atoms with Crippen LogP contribution in [0.25, 0.3) is 0 Å². The molecule has 2 heteroatoms. The summed E-state index contributed by atoms with van der Waals surface area (Å²) in [6, 6.07) is 6.58. The standard InChI is InChI=1S/C18H31NO/c1-16(2,3)13-9-14(17(4,5)6)11-15(10-13)20-18(7,8)12-19/h9-11H,12,19H2,1-8H3. The smallest absolute Gasteiger partial charge is 0.120 e. The van der Waals surface area contributed by atoms with E-state index < -0.39 is 0 Å². The average Bonchev–Trinajstić information content (AvgIpc) is 2.25. The van der Waals surface area contributed by atoms with Crippen LogP contribution in [0.4, 0.5) is 0 Å². The van der Waals surface area contributed by atoms with Crippen molar-refractivity contribution in [2.24, 2.45) is 5.73 Å². The molecule has 0 unspecified atom stereocenters. The number of hydrogen-bond acceptors (Lipinski definition) is 2. The summed E-state index contributed by atoms with van der Waals surface area (Å²) in [4.78, 5) is 0. The summed E-state index contributed by atoms with van der Waals surface area (Å²) < 4.78 is 6.10. The molecule has 0 radical (unpaired) electrons. The Balaban J connectivity index is 3.32. The molecule has 1 aromatic carbocycles. The molecule has 0 aliphatic carbocycles. The van der Waals surface area contributed by atoms with Crippen molar-refractivity contribution in [2.75, 3.05) is 6.54 Å². The van der Waals surface area contributed by atoms with Gasteiger partial charge < -0.3 is 10.5 Å². The molecule has 0 heterocycles. The van der Waals surface area contributed by atoms with Gasteiger partial charge in [-0.2, -0.15) is 0 Å². The molecule has 0 saturated heterocycles. The fourth-order valence-electron chi connectivity index (χ4n) is 1.88. The van der Waals surface area contributed by atoms with Gasteiger partial charge >= 0.3 is 0 Å². The van der Waals surface area contributed by atoms with Crippen molar-refractivity contribution in [3.63, 3.8) is 0 Å². The van der Waals surface area contributed by atoms with Crippen LogP contribution >= 0.6 is 0 Å². The van der Waals surface area contributed by atoms with Crippen LogP contribution in [0, 0.1) is 0 Å². The third-order valence-electron chi connectivity index (χ3n) is 3.52. The van der Waals surface area contributed by atoms with Gasteiger partial charge in [0.25, 0.3) is 0 Å². The Morgan fingerprint density at radius 3 is 1.50 bits per heavy atom. The largest absolute Gasteiger partial charge is 0.487 e. The maximum Gasteiger partial charge on any atom is 0.120 e. The Hall–Kier alpha value is -1.02. The van der Waals surface area contributed by atoms with E-state index in [-0.39, 0.29) is 16.4 Å². The lowest BCUT2D eigenvalue weighted by molar-refractivity contribution is 0.118. The molecule has 0 bridgehead atoms. The zero-order valence-electron chi connectivity index (χ0n) is 14.4. The molecule has 0 atom stereocenters. The van der Waals surface area contributed by atoms with Crippen molar-refractivity contribution in [1.29, 1.82) is 0 Å². The van der Waals surface area contributed by atoms with Gasteiger partial charge in [0.15, 0.2) is 0 Å². The summed E-state index contributed by atoms with van der Waals surface area (Å²) in [5.41, 5.74) is 8.24. The van der Waals surface area contributed by atoms with Gasteiger partial charge in [0.1, 0.15) is 11.4 Å². The van der Waals surface area contributed by atoms with Gasteiger partial charge in [-0.1, -0.05) is 47.6 Å². The first-order valence-electron chi connectivity index (χ1n) is 7.40. The summed E-state index contributed by atoms with van der Waals surface area (Å²) in [7, 11) is 0. The predicted octanol–water partition coefficient (Wildman–Crippen LogP) is 4.40. The van der Waals surface area contributed by atoms with Crippen molar-refractivity contribution in [2.45, 2.75) is 71.8 Å². The second kappa shape index (κ2) is 5.40. The highest BCUT2D eigenvalue weighted by molar-refractivity contribution is 5.40. The summed E-state index contributed by atoms with van der Waals surface area (Å²) in [5, 5.41) is 0. The van der Waals surface area contributed by atoms with Crippen LogP contribution in [0.3, 0.4) is 0 Å². The summed E-state index contributed by atoms with van der Waals surface area (Å²) in [6.07, 6.45) is 0. The molecule has 0 amide bonds. The Kier molecular flexibility index (Phi) is 4.60. The molecular formula is C18H31NO. The summed E-state index contributed by atoms with van der Waals surface area (Å²) in [5.74, 6) is 0.915. The third-order valence-corrected chi connectivity index (χ3v) is 3.52. The second-order valence-corrected chi connectivity index (χ2v) is 8.31. The van der Waals surface area contributed by atoms with Gasteiger partial charge in [-0.25, -0.2) is 0 Å². The minimum absolute atomic E-state index is 0.103. The highest BCUT2D eigenvalue weighted by Crippen LogP contribution is 2.33. The van der Waals surface area contributed by atoms with E-state index in [0.29, 0.717) is 6.54 Å². The molecule has 20 heavy (non-hydrogen) atoms. The number of nitrogens with two attached hydrogens (primary N) is 1. The molecule has 0 saturated carbocycles. The molecule has 0 spiro atoms. The fourth-order valence-corrected chi connectivity index (χ4v) is 1.88. The normalized spacial score (nSPS) is 13.4. The number of hydrogen-bond donors (Lipinski definition) is 1. The lowest BCUT2D eigenvalue weighted by Crippen LogP contribution is -2.37. The van der Waals surface area contributed by atoms with E-state index in [1.54, 1.807) is 0 Å². The van der Waals surface area contributed by atoms with Crippen LogP contribution in [-0.2, 0) is 10.8 Å². The molecule has 2 nitrogen and oxygen atoms in total. The Morgan fingerprint density at radius 2 is 1.20 bits per heavy atom. The number of rotatable bonds is 3. The van der Waals surface area contributed by atoms with Gasteiger partial charge in [-0.05, 0) is 47.9 Å². The number of ether oxygens (including phenoxy) is 1.